The summed E-state index contributed by atoms with van der Waals surface area (Å²) in [5.74, 6) is -2.57. The summed E-state index contributed by atoms with van der Waals surface area (Å²) in [5.41, 5.74) is 2.06. The van der Waals surface area contributed by atoms with Crippen molar-refractivity contribution >= 4 is 58.2 Å². The molecule has 57 heavy (non-hydrogen) atoms. The molecule has 0 saturated carbocycles. The summed E-state index contributed by atoms with van der Waals surface area (Å²) in [6, 6.07) is 13.4. The van der Waals surface area contributed by atoms with Gasteiger partial charge in [-0.25, -0.2) is 9.40 Å². The number of rotatable bonds is 12. The zero-order valence-electron chi connectivity index (χ0n) is 30.7. The molecule has 6 rings (SSSR count). The number of hydrazine groups is 1. The second-order valence-corrected chi connectivity index (χ2v) is 16.7. The first-order chi connectivity index (χ1) is 27.1. The zero-order chi connectivity index (χ0) is 41.1. The number of piperidine rings is 2. The lowest BCUT2D eigenvalue weighted by Gasteiger charge is -2.36. The van der Waals surface area contributed by atoms with E-state index in [1.54, 1.807) is 38.1 Å². The highest BCUT2D eigenvalue weighted by Gasteiger charge is 2.47. The summed E-state index contributed by atoms with van der Waals surface area (Å²) in [5, 5.41) is 15.7. The van der Waals surface area contributed by atoms with Crippen molar-refractivity contribution in [3.05, 3.63) is 77.1 Å². The lowest BCUT2D eigenvalue weighted by molar-refractivity contribution is -0.146. The average Bonchev–Trinajstić information content (AvgIpc) is 3.41. The molecule has 3 aromatic rings. The van der Waals surface area contributed by atoms with E-state index < -0.39 is 62.7 Å². The van der Waals surface area contributed by atoms with Gasteiger partial charge in [-0.1, -0.05) is 12.1 Å². The Morgan fingerprint density at radius 1 is 1.09 bits per heavy atom. The minimum Gasteiger partial charge on any atom is -0.490 e. The summed E-state index contributed by atoms with van der Waals surface area (Å²) in [4.78, 5) is 70.8. The van der Waals surface area contributed by atoms with E-state index in [4.69, 9.17) is 10.00 Å². The van der Waals surface area contributed by atoms with Crippen molar-refractivity contribution in [2.45, 2.75) is 67.8 Å². The molecule has 3 fully saturated rings. The number of thiol groups is 1. The van der Waals surface area contributed by atoms with Crippen LogP contribution in [0, 0.1) is 23.1 Å². The molecule has 0 aliphatic carbocycles. The predicted molar refractivity (Wildman–Crippen MR) is 200 cm³/mol. The summed E-state index contributed by atoms with van der Waals surface area (Å²) in [7, 11) is 0. The molecule has 3 aromatic carbocycles. The van der Waals surface area contributed by atoms with Gasteiger partial charge in [-0.2, -0.15) is 28.7 Å². The van der Waals surface area contributed by atoms with Gasteiger partial charge in [0.1, 0.15) is 6.04 Å². The topological polar surface area (TPSA) is 182 Å². The molecule has 4 N–H and O–H groups in total. The first kappa shape index (κ1) is 40.8. The molecule has 3 saturated heterocycles. The maximum atomic E-state index is 15.6. The Hall–Kier alpha value is -5.87. The van der Waals surface area contributed by atoms with Crippen molar-refractivity contribution in [1.82, 2.24) is 15.6 Å². The van der Waals surface area contributed by atoms with Crippen molar-refractivity contribution in [2.24, 2.45) is 5.92 Å². The molecule has 0 spiro atoms. The molecule has 19 heteroatoms. The fourth-order valence-electron chi connectivity index (χ4n) is 7.02. The quantitative estimate of drug-likeness (QED) is 0.0568. The number of hydrogen-bond donors (Lipinski definition) is 5. The number of hydroxylamine groups is 1. The van der Waals surface area contributed by atoms with E-state index in [-0.39, 0.29) is 55.6 Å². The van der Waals surface area contributed by atoms with Gasteiger partial charge in [0.2, 0.25) is 11.8 Å². The minimum atomic E-state index is -4.82. The molecule has 0 aromatic heterocycles. The van der Waals surface area contributed by atoms with E-state index in [2.05, 4.69) is 30.7 Å². The van der Waals surface area contributed by atoms with Gasteiger partial charge in [-0.05, 0) is 87.1 Å². The number of hydrogen-bond acceptors (Lipinski definition) is 11. The van der Waals surface area contributed by atoms with Gasteiger partial charge in [0.15, 0.2) is 11.6 Å². The molecule has 4 amide bonds. The Morgan fingerprint density at radius 3 is 2.51 bits per heavy atom. The number of benzene rings is 3. The third kappa shape index (κ3) is 8.92. The van der Waals surface area contributed by atoms with Crippen LogP contribution in [0.4, 0.5) is 34.6 Å². The summed E-state index contributed by atoms with van der Waals surface area (Å²) >= 11 is -1.65. The smallest absolute Gasteiger partial charge is 0.417 e. The summed E-state index contributed by atoms with van der Waals surface area (Å²) in [6.45, 7) is 4.56. The van der Waals surface area contributed by atoms with Gasteiger partial charge in [-0.15, -0.1) is 11.1 Å². The maximum absolute atomic E-state index is 15.6. The van der Waals surface area contributed by atoms with Crippen LogP contribution in [0.15, 0.2) is 59.5 Å². The van der Waals surface area contributed by atoms with Gasteiger partial charge in [0.05, 0.1) is 52.0 Å². The number of halogens is 4. The number of ether oxygens (including phenoxy) is 1. The number of nitrogens with one attached hydrogen (secondary N) is 4. The number of para-hydroxylation sites is 1. The standard InChI is InChI=1S/C38H39F4N7O7S/c1-37(2)36(54)49(25-7-6-24(19-43)27(17-25)38(40,41)42)47-57(37)26-8-10-31(28(39)18-26)55-20-22-12-14-48(15-13-22)34-23(16-33(52)46-56-21-50)4-3-5-29(34)44-30-9-11-32(51)45-35(30)53/h3-8,10,17-18,21-22,30,44,47,57H,9,11-16,20H2,1-2H3,(H,46,52)(H,45,51,53). The van der Waals surface area contributed by atoms with Gasteiger partial charge in [0, 0.05) is 24.4 Å². The number of anilines is 3. The molecule has 0 radical (unpaired) electrons. The zero-order valence-corrected chi connectivity index (χ0v) is 31.6. The van der Waals surface area contributed by atoms with Crippen LogP contribution in [0.3, 0.4) is 0 Å². The van der Waals surface area contributed by atoms with E-state index in [0.717, 1.165) is 17.1 Å². The van der Waals surface area contributed by atoms with E-state index in [0.29, 0.717) is 47.8 Å². The van der Waals surface area contributed by atoms with E-state index >= 15 is 4.39 Å². The van der Waals surface area contributed by atoms with Crippen LogP contribution in [-0.4, -0.2) is 60.6 Å². The van der Waals surface area contributed by atoms with Crippen LogP contribution in [0.5, 0.6) is 5.75 Å². The van der Waals surface area contributed by atoms with Crippen LogP contribution < -0.4 is 35.6 Å². The van der Waals surface area contributed by atoms with Crippen molar-refractivity contribution < 1.29 is 51.1 Å². The van der Waals surface area contributed by atoms with Gasteiger partial charge < -0.3 is 19.8 Å². The molecule has 14 nitrogen and oxygen atoms in total. The Kier molecular flexibility index (Phi) is 11.9. The lowest BCUT2D eigenvalue weighted by atomic mass is 9.95. The highest BCUT2D eigenvalue weighted by atomic mass is 32.2. The number of alkyl halides is 3. The Balaban J connectivity index is 1.11. The predicted octanol–water partition coefficient (Wildman–Crippen LogP) is 4.58. The second kappa shape index (κ2) is 16.7. The number of nitriles is 1. The number of nitrogens with zero attached hydrogens (tertiary/aromatic N) is 3. The average molecular weight is 814 g/mol. The van der Waals surface area contributed by atoms with E-state index in [9.17, 15) is 37.1 Å². The van der Waals surface area contributed by atoms with Crippen molar-refractivity contribution in [2.75, 3.05) is 34.9 Å². The molecule has 3 heterocycles. The number of imide groups is 1. The van der Waals surface area contributed by atoms with E-state index in [1.807, 2.05) is 0 Å². The van der Waals surface area contributed by atoms with Crippen LogP contribution >= 0.6 is 11.1 Å². The molecule has 3 aliphatic heterocycles. The monoisotopic (exact) mass is 813 g/mol. The largest absolute Gasteiger partial charge is 0.490 e. The third-order valence-corrected chi connectivity index (χ3v) is 12.5. The Bertz CT molecular complexity index is 2120. The van der Waals surface area contributed by atoms with Gasteiger partial charge >= 0.3 is 12.6 Å². The van der Waals surface area contributed by atoms with Crippen molar-refractivity contribution in [3.63, 3.8) is 0 Å². The third-order valence-electron chi connectivity index (χ3n) is 10.0. The SMILES string of the molecule is CC1(C)C(=O)N(c2ccc(C#N)c(C(F)(F)F)c2)N[SH]1c1ccc(OCC2CCN(c3c(CC(=O)NOC=O)cccc3NC3CCC(=O)NC3=O)CC2)c(F)c1. The Morgan fingerprint density at radius 2 is 1.84 bits per heavy atom. The summed E-state index contributed by atoms with van der Waals surface area (Å²) in [6.07, 6.45) is -3.25. The molecule has 0 bridgehead atoms. The van der Waals surface area contributed by atoms with Gasteiger partial charge in [-0.3, -0.25) is 29.3 Å². The number of carbonyl (C=O) groups excluding carboxylic acids is 5. The first-order valence-electron chi connectivity index (χ1n) is 17.9. The fourth-order valence-corrected chi connectivity index (χ4v) is 9.19. The normalized spacial score (nSPS) is 20.4. The molecule has 2 atom stereocenters. The first-order valence-corrected chi connectivity index (χ1v) is 19.2. The molecule has 3 aliphatic rings. The fraction of sp³-hybridized carbons (Fsp3) is 0.368. The highest BCUT2D eigenvalue weighted by molar-refractivity contribution is 8.17. The van der Waals surface area contributed by atoms with Crippen LogP contribution in [0.2, 0.25) is 0 Å². The minimum absolute atomic E-state index is 0.0112. The lowest BCUT2D eigenvalue weighted by Crippen LogP contribution is -2.47. The second-order valence-electron chi connectivity index (χ2n) is 14.2. The molecule has 302 valence electrons. The van der Waals surface area contributed by atoms with E-state index in [1.165, 1.54) is 24.3 Å². The Labute approximate surface area is 327 Å². The summed E-state index contributed by atoms with van der Waals surface area (Å²) < 4.78 is 61.4. The maximum Gasteiger partial charge on any atom is 0.417 e. The van der Waals surface area contributed by atoms with Crippen molar-refractivity contribution in [3.8, 4) is 11.8 Å². The number of carbonyl (C=O) groups is 5. The molecule has 2 unspecified atom stereocenters. The molecular weight excluding hydrogens is 775 g/mol. The van der Waals surface area contributed by atoms with Crippen LogP contribution in [0.25, 0.3) is 0 Å². The van der Waals surface area contributed by atoms with Gasteiger partial charge in [0.25, 0.3) is 11.8 Å². The van der Waals surface area contributed by atoms with Crippen LogP contribution in [0.1, 0.15) is 56.2 Å². The highest BCUT2D eigenvalue weighted by Crippen LogP contribution is 2.52. The van der Waals surface area contributed by atoms with Crippen molar-refractivity contribution in [1.29, 1.82) is 5.26 Å². The number of amides is 4. The van der Waals surface area contributed by atoms with Crippen LogP contribution in [-0.2, 0) is 41.4 Å². The molecular formula is C38H39F4N7O7S.